The molecule has 1 atom stereocenters. The van der Waals surface area contributed by atoms with Crippen LogP contribution in [0.1, 0.15) is 52.1 Å². The van der Waals surface area contributed by atoms with Gasteiger partial charge in [0.2, 0.25) is 5.91 Å². The van der Waals surface area contributed by atoms with Crippen LogP contribution in [0.2, 0.25) is 0 Å². The minimum Gasteiger partial charge on any atom is -0.449 e. The van der Waals surface area contributed by atoms with E-state index >= 15 is 0 Å². The van der Waals surface area contributed by atoms with Gasteiger partial charge in [0.1, 0.15) is 6.26 Å². The van der Waals surface area contributed by atoms with E-state index in [4.69, 9.17) is 4.42 Å². The quantitative estimate of drug-likeness (QED) is 0.820. The molecule has 4 nitrogen and oxygen atoms in total. The third-order valence-corrected chi connectivity index (χ3v) is 5.38. The first kappa shape index (κ1) is 18.4. The number of likely N-dealkylation sites (tertiary alicyclic amines) is 1. The SMILES string of the molecule is CSC[C@@H](C)C(=O)N1CCC(Cc2nc(C(C)(C)C)co2)CC1. The number of oxazole rings is 1. The Bertz CT molecular complexity index is 513. The zero-order valence-corrected chi connectivity index (χ0v) is 15.9. The van der Waals surface area contributed by atoms with Crippen molar-refractivity contribution in [2.24, 2.45) is 11.8 Å². The lowest BCUT2D eigenvalue weighted by Gasteiger charge is -2.33. The Morgan fingerprint density at radius 3 is 2.61 bits per heavy atom. The lowest BCUT2D eigenvalue weighted by atomic mass is 9.92. The number of thioether (sulfide) groups is 1. The molecule has 23 heavy (non-hydrogen) atoms. The average Bonchev–Trinajstić information content (AvgIpc) is 2.96. The van der Waals surface area contributed by atoms with Gasteiger partial charge >= 0.3 is 0 Å². The molecule has 0 spiro atoms. The van der Waals surface area contributed by atoms with Crippen molar-refractivity contribution < 1.29 is 9.21 Å². The molecule has 0 N–H and O–H groups in total. The van der Waals surface area contributed by atoms with Gasteiger partial charge in [-0.05, 0) is 25.0 Å². The molecule has 130 valence electrons. The van der Waals surface area contributed by atoms with Gasteiger partial charge in [-0.1, -0.05) is 27.7 Å². The maximum absolute atomic E-state index is 12.3. The minimum absolute atomic E-state index is 0.0327. The zero-order chi connectivity index (χ0) is 17.0. The summed E-state index contributed by atoms with van der Waals surface area (Å²) >= 11 is 1.74. The summed E-state index contributed by atoms with van der Waals surface area (Å²) < 4.78 is 5.64. The van der Waals surface area contributed by atoms with Crippen molar-refractivity contribution in [2.45, 2.75) is 52.4 Å². The van der Waals surface area contributed by atoms with Gasteiger partial charge in [0.15, 0.2) is 5.89 Å². The van der Waals surface area contributed by atoms with Crippen LogP contribution in [0.5, 0.6) is 0 Å². The van der Waals surface area contributed by atoms with Crippen LogP contribution in [0.25, 0.3) is 0 Å². The maximum Gasteiger partial charge on any atom is 0.226 e. The van der Waals surface area contributed by atoms with E-state index in [0.29, 0.717) is 11.8 Å². The van der Waals surface area contributed by atoms with Crippen LogP contribution in [-0.2, 0) is 16.6 Å². The van der Waals surface area contributed by atoms with Crippen LogP contribution in [0.15, 0.2) is 10.7 Å². The van der Waals surface area contributed by atoms with Gasteiger partial charge < -0.3 is 9.32 Å². The standard InChI is InChI=1S/C18H30N2O2S/c1-13(12-23-5)17(21)20-8-6-14(7-9-20)10-16-19-15(11-22-16)18(2,3)4/h11,13-14H,6-10,12H2,1-5H3/t13-/m1/s1. The van der Waals surface area contributed by atoms with E-state index in [2.05, 4.69) is 32.0 Å². The van der Waals surface area contributed by atoms with Gasteiger partial charge in [0.05, 0.1) is 5.69 Å². The van der Waals surface area contributed by atoms with Crippen LogP contribution >= 0.6 is 11.8 Å². The van der Waals surface area contributed by atoms with Crippen LogP contribution in [0, 0.1) is 11.8 Å². The molecule has 0 bridgehead atoms. The van der Waals surface area contributed by atoms with Crippen LogP contribution < -0.4 is 0 Å². The normalized spacial score (nSPS) is 18.2. The summed E-state index contributed by atoms with van der Waals surface area (Å²) in [5, 5.41) is 0. The zero-order valence-electron chi connectivity index (χ0n) is 15.1. The van der Waals surface area contributed by atoms with E-state index in [1.807, 2.05) is 11.8 Å². The number of amides is 1. The molecule has 0 aromatic carbocycles. The van der Waals surface area contributed by atoms with Crippen molar-refractivity contribution in [3.05, 3.63) is 17.8 Å². The minimum atomic E-state index is 0.0327. The molecule has 1 aliphatic rings. The fourth-order valence-corrected chi connectivity index (χ4v) is 3.63. The Balaban J connectivity index is 1.83. The van der Waals surface area contributed by atoms with E-state index in [9.17, 15) is 4.79 Å². The lowest BCUT2D eigenvalue weighted by Crippen LogP contribution is -2.42. The van der Waals surface area contributed by atoms with Gasteiger partial charge in [-0.15, -0.1) is 0 Å². The van der Waals surface area contributed by atoms with Crippen molar-refractivity contribution >= 4 is 17.7 Å². The highest BCUT2D eigenvalue weighted by molar-refractivity contribution is 7.98. The molecule has 5 heteroatoms. The highest BCUT2D eigenvalue weighted by Gasteiger charge is 2.27. The summed E-state index contributed by atoms with van der Waals surface area (Å²) in [5.74, 6) is 2.76. The molecule has 0 radical (unpaired) electrons. The first-order chi connectivity index (χ1) is 10.8. The van der Waals surface area contributed by atoms with Gasteiger partial charge in [-0.25, -0.2) is 4.98 Å². The lowest BCUT2D eigenvalue weighted by molar-refractivity contribution is -0.135. The smallest absolute Gasteiger partial charge is 0.226 e. The Morgan fingerprint density at radius 2 is 2.09 bits per heavy atom. The van der Waals surface area contributed by atoms with Gasteiger partial charge in [-0.3, -0.25) is 4.79 Å². The van der Waals surface area contributed by atoms with E-state index in [-0.39, 0.29) is 11.3 Å². The van der Waals surface area contributed by atoms with Gasteiger partial charge in [-0.2, -0.15) is 11.8 Å². The third kappa shape index (κ3) is 5.00. The molecule has 1 amide bonds. The molecule has 1 aliphatic heterocycles. The van der Waals surface area contributed by atoms with Crippen LogP contribution in [0.4, 0.5) is 0 Å². The van der Waals surface area contributed by atoms with Crippen molar-refractivity contribution in [1.29, 1.82) is 0 Å². The van der Waals surface area contributed by atoms with Crippen LogP contribution in [-0.4, -0.2) is 40.9 Å². The van der Waals surface area contributed by atoms with E-state index in [1.165, 1.54) is 0 Å². The topological polar surface area (TPSA) is 46.3 Å². The van der Waals surface area contributed by atoms with Crippen molar-refractivity contribution in [3.8, 4) is 0 Å². The number of aromatic nitrogens is 1. The third-order valence-electron chi connectivity index (χ3n) is 4.55. The fourth-order valence-electron chi connectivity index (χ4n) is 2.99. The summed E-state index contributed by atoms with van der Waals surface area (Å²) in [7, 11) is 0. The Kier molecular flexibility index (Phi) is 6.18. The molecule has 2 heterocycles. The average molecular weight is 339 g/mol. The second-order valence-electron chi connectivity index (χ2n) is 7.71. The molecule has 1 aromatic rings. The number of carbonyl (C=O) groups is 1. The van der Waals surface area contributed by atoms with Crippen molar-refractivity contribution in [3.63, 3.8) is 0 Å². The molecule has 1 aromatic heterocycles. The predicted molar refractivity (Wildman–Crippen MR) is 95.8 cm³/mol. The second kappa shape index (κ2) is 7.73. The summed E-state index contributed by atoms with van der Waals surface area (Å²) in [6.07, 6.45) is 6.82. The molecule has 0 saturated carbocycles. The maximum atomic E-state index is 12.3. The second-order valence-corrected chi connectivity index (χ2v) is 8.62. The summed E-state index contributed by atoms with van der Waals surface area (Å²) in [6, 6.07) is 0. The molecular weight excluding hydrogens is 308 g/mol. The number of carbonyl (C=O) groups excluding carboxylic acids is 1. The Labute approximate surface area is 144 Å². The number of hydrogen-bond donors (Lipinski definition) is 0. The molecule has 1 fully saturated rings. The van der Waals surface area contributed by atoms with Crippen molar-refractivity contribution in [2.75, 3.05) is 25.1 Å². The summed E-state index contributed by atoms with van der Waals surface area (Å²) in [5.41, 5.74) is 1.05. The van der Waals surface area contributed by atoms with Gasteiger partial charge in [0, 0.05) is 36.6 Å². The largest absolute Gasteiger partial charge is 0.449 e. The highest BCUT2D eigenvalue weighted by Crippen LogP contribution is 2.26. The highest BCUT2D eigenvalue weighted by atomic mass is 32.2. The fraction of sp³-hybridized carbons (Fsp3) is 0.778. The van der Waals surface area contributed by atoms with Gasteiger partial charge in [0.25, 0.3) is 0 Å². The first-order valence-electron chi connectivity index (χ1n) is 8.54. The molecule has 0 aliphatic carbocycles. The van der Waals surface area contributed by atoms with Crippen LogP contribution in [0.3, 0.4) is 0 Å². The molecule has 1 saturated heterocycles. The first-order valence-corrected chi connectivity index (χ1v) is 9.93. The number of piperidine rings is 1. The number of rotatable bonds is 5. The Morgan fingerprint density at radius 1 is 1.43 bits per heavy atom. The molecular formula is C18H30N2O2S. The summed E-state index contributed by atoms with van der Waals surface area (Å²) in [4.78, 5) is 19.0. The number of hydrogen-bond acceptors (Lipinski definition) is 4. The van der Waals surface area contributed by atoms with E-state index < -0.39 is 0 Å². The van der Waals surface area contributed by atoms with E-state index in [1.54, 1.807) is 18.0 Å². The molecule has 2 rings (SSSR count). The Hall–Kier alpha value is -0.970. The van der Waals surface area contributed by atoms with E-state index in [0.717, 1.165) is 49.7 Å². The summed E-state index contributed by atoms with van der Waals surface area (Å²) in [6.45, 7) is 10.2. The van der Waals surface area contributed by atoms with Crippen molar-refractivity contribution in [1.82, 2.24) is 9.88 Å². The molecule has 0 unspecified atom stereocenters. The monoisotopic (exact) mass is 338 g/mol. The number of nitrogens with zero attached hydrogens (tertiary/aromatic N) is 2. The predicted octanol–water partition coefficient (Wildman–Crippen LogP) is 3.75.